The second-order valence-electron chi connectivity index (χ2n) is 14.5. The molecule has 2 aliphatic carbocycles. The Hall–Kier alpha value is -3.74. The fourth-order valence-electron chi connectivity index (χ4n) is 8.07. The number of anilines is 1. The van der Waals surface area contributed by atoms with Crippen LogP contribution in [0.2, 0.25) is 5.02 Å². The molecule has 7 unspecified atom stereocenters. The number of ether oxygens (including phenoxy) is 2. The maximum atomic E-state index is 14.7. The Balaban J connectivity index is 1.33. The number of rotatable bonds is 3. The fraction of sp³-hybridized carbons (Fsp3) is 0.514. The van der Waals surface area contributed by atoms with Crippen LogP contribution in [0.3, 0.4) is 0 Å². The van der Waals surface area contributed by atoms with Gasteiger partial charge in [-0.3, -0.25) is 19.0 Å². The SMILES string of the molecule is COC1/C=C/CC(C)C(C)S(=O)(NC(=O)c2cnn(C)c2)=NC(=O)c2ccc3c(n2)N(CC2CCC21)CC1(CCCc2cc(Cl)ccc21)CO3. The molecule has 50 heavy (non-hydrogen) atoms. The van der Waals surface area contributed by atoms with E-state index in [-0.39, 0.29) is 28.7 Å². The zero-order valence-electron chi connectivity index (χ0n) is 29.0. The molecule has 7 atom stereocenters. The molecule has 2 aromatic heterocycles. The van der Waals surface area contributed by atoms with Crippen molar-refractivity contribution in [1.29, 1.82) is 0 Å². The number of benzene rings is 1. The van der Waals surface area contributed by atoms with Crippen LogP contribution in [0, 0.1) is 17.8 Å². The second-order valence-corrected chi connectivity index (χ2v) is 17.2. The summed E-state index contributed by atoms with van der Waals surface area (Å²) in [6.07, 6.45) is 12.6. The van der Waals surface area contributed by atoms with Gasteiger partial charge in [-0.2, -0.15) is 5.10 Å². The summed E-state index contributed by atoms with van der Waals surface area (Å²) in [5.41, 5.74) is 2.45. The third-order valence-electron chi connectivity index (χ3n) is 11.3. The minimum atomic E-state index is -3.63. The number of methoxy groups -OCH3 is 1. The molecule has 11 nitrogen and oxygen atoms in total. The zero-order chi connectivity index (χ0) is 35.2. The van der Waals surface area contributed by atoms with Crippen LogP contribution in [0.15, 0.2) is 59.2 Å². The highest BCUT2D eigenvalue weighted by Crippen LogP contribution is 2.46. The third kappa shape index (κ3) is 6.57. The third-order valence-corrected chi connectivity index (χ3v) is 13.9. The van der Waals surface area contributed by atoms with Gasteiger partial charge in [-0.25, -0.2) is 9.19 Å². The number of allylic oxidation sites excluding steroid dienone is 1. The van der Waals surface area contributed by atoms with Crippen molar-refractivity contribution >= 4 is 39.1 Å². The number of halogens is 1. The summed E-state index contributed by atoms with van der Waals surface area (Å²) in [6, 6.07) is 9.52. The van der Waals surface area contributed by atoms with E-state index in [0.717, 1.165) is 37.1 Å². The van der Waals surface area contributed by atoms with Gasteiger partial charge in [0.1, 0.15) is 15.6 Å². The number of nitrogens with one attached hydrogen (secondary N) is 1. The molecule has 2 bridgehead atoms. The van der Waals surface area contributed by atoms with Crippen LogP contribution < -0.4 is 14.4 Å². The van der Waals surface area contributed by atoms with Crippen LogP contribution in [-0.4, -0.2) is 68.9 Å². The van der Waals surface area contributed by atoms with Crippen LogP contribution in [0.1, 0.15) is 77.9 Å². The molecular formula is C37H45ClN6O5S. The van der Waals surface area contributed by atoms with Gasteiger partial charge in [0.15, 0.2) is 11.6 Å². The number of pyridine rings is 1. The smallest absolute Gasteiger partial charge is 0.305 e. The van der Waals surface area contributed by atoms with Crippen LogP contribution in [-0.2, 0) is 33.5 Å². The van der Waals surface area contributed by atoms with Crippen LogP contribution in [0.25, 0.3) is 0 Å². The lowest BCUT2D eigenvalue weighted by Crippen LogP contribution is -2.49. The predicted molar refractivity (Wildman–Crippen MR) is 193 cm³/mol. The summed E-state index contributed by atoms with van der Waals surface area (Å²) >= 11 is 6.45. The van der Waals surface area contributed by atoms with Gasteiger partial charge in [0.25, 0.3) is 5.91 Å². The van der Waals surface area contributed by atoms with Crippen molar-refractivity contribution in [2.75, 3.05) is 31.7 Å². The number of aryl methyl sites for hydroxylation is 2. The molecule has 4 heterocycles. The first-order valence-corrected chi connectivity index (χ1v) is 19.4. The fourth-order valence-corrected chi connectivity index (χ4v) is 10.1. The summed E-state index contributed by atoms with van der Waals surface area (Å²) in [6.45, 7) is 5.54. The molecular weight excluding hydrogens is 676 g/mol. The first-order chi connectivity index (χ1) is 24.0. The van der Waals surface area contributed by atoms with Crippen molar-refractivity contribution in [2.24, 2.45) is 29.2 Å². The Morgan fingerprint density at radius 3 is 2.78 bits per heavy atom. The van der Waals surface area contributed by atoms with Gasteiger partial charge in [-0.05, 0) is 98.6 Å². The molecule has 1 saturated carbocycles. The van der Waals surface area contributed by atoms with Crippen LogP contribution in [0.5, 0.6) is 5.75 Å². The molecule has 2 amide bonds. The highest BCUT2D eigenvalue weighted by atomic mass is 35.5. The highest BCUT2D eigenvalue weighted by Gasteiger charge is 2.45. The molecule has 2 aliphatic heterocycles. The Morgan fingerprint density at radius 1 is 1.20 bits per heavy atom. The molecule has 1 aromatic carbocycles. The van der Waals surface area contributed by atoms with E-state index in [1.54, 1.807) is 33.2 Å². The Morgan fingerprint density at radius 2 is 2.04 bits per heavy atom. The second kappa shape index (κ2) is 13.8. The number of fused-ring (bicyclic) bond motifs is 4. The van der Waals surface area contributed by atoms with Crippen molar-refractivity contribution in [3.8, 4) is 5.75 Å². The number of aromatic nitrogens is 3. The number of amides is 2. The first kappa shape index (κ1) is 34.7. The Kier molecular flexibility index (Phi) is 9.55. The maximum Gasteiger partial charge on any atom is 0.305 e. The van der Waals surface area contributed by atoms with Gasteiger partial charge in [-0.1, -0.05) is 36.7 Å². The summed E-state index contributed by atoms with van der Waals surface area (Å²) < 4.78 is 35.7. The van der Waals surface area contributed by atoms with E-state index in [2.05, 4.69) is 43.4 Å². The Labute approximate surface area is 299 Å². The van der Waals surface area contributed by atoms with Crippen molar-refractivity contribution in [3.63, 3.8) is 0 Å². The van der Waals surface area contributed by atoms with E-state index >= 15 is 0 Å². The molecule has 0 radical (unpaired) electrons. The highest BCUT2D eigenvalue weighted by molar-refractivity contribution is 7.93. The van der Waals surface area contributed by atoms with Crippen molar-refractivity contribution < 1.29 is 23.3 Å². The van der Waals surface area contributed by atoms with Gasteiger partial charge in [0.2, 0.25) is 0 Å². The quantitative estimate of drug-likeness (QED) is 0.331. The molecule has 13 heteroatoms. The van der Waals surface area contributed by atoms with E-state index in [0.29, 0.717) is 49.5 Å². The topological polar surface area (TPSA) is 128 Å². The minimum absolute atomic E-state index is 0.0410. The predicted octanol–water partition coefficient (Wildman–Crippen LogP) is 5.92. The van der Waals surface area contributed by atoms with Gasteiger partial charge < -0.3 is 14.4 Å². The van der Waals surface area contributed by atoms with E-state index < -0.39 is 27.0 Å². The molecule has 1 spiro atoms. The lowest BCUT2D eigenvalue weighted by molar-refractivity contribution is 0.0131. The number of carbonyl (C=O) groups is 2. The largest absolute Gasteiger partial charge is 0.489 e. The molecule has 3 aromatic rings. The lowest BCUT2D eigenvalue weighted by atomic mass is 9.68. The molecule has 7 rings (SSSR count). The number of hydrogen-bond donors (Lipinski definition) is 1. The van der Waals surface area contributed by atoms with E-state index in [4.69, 9.17) is 26.1 Å². The van der Waals surface area contributed by atoms with Gasteiger partial charge in [-0.15, -0.1) is 4.36 Å². The monoisotopic (exact) mass is 720 g/mol. The maximum absolute atomic E-state index is 14.7. The van der Waals surface area contributed by atoms with Gasteiger partial charge >= 0.3 is 5.91 Å². The lowest BCUT2D eigenvalue weighted by Gasteiger charge is -2.45. The van der Waals surface area contributed by atoms with Crippen molar-refractivity contribution in [3.05, 3.63) is 82.3 Å². The number of hydrogen-bond acceptors (Lipinski definition) is 8. The number of nitrogens with zero attached hydrogens (tertiary/aromatic N) is 5. The van der Waals surface area contributed by atoms with Crippen LogP contribution >= 0.6 is 11.6 Å². The standard InChI is InChI=1S/C37H45ClN6O5S/c1-23-7-5-9-32(48-4)29-12-10-26(29)20-44-21-37(16-6-8-25-17-28(38)11-13-30(25)37)22-49-33-15-14-31(40-34(33)44)36(46)42-50(47,24(23)2)41-35(45)27-18-39-43(3)19-27/h5,9,11,13-15,17-19,23-24,26,29,32H,6-8,10,12,16,20-22H2,1-4H3,(H,41,42,45,46,47)/b9-5+. The van der Waals surface area contributed by atoms with Gasteiger partial charge in [0, 0.05) is 43.9 Å². The molecule has 1 fully saturated rings. The van der Waals surface area contributed by atoms with Crippen LogP contribution in [0.4, 0.5) is 5.82 Å². The van der Waals surface area contributed by atoms with E-state index in [1.165, 1.54) is 28.2 Å². The molecule has 4 aliphatic rings. The summed E-state index contributed by atoms with van der Waals surface area (Å²) in [4.78, 5) is 34.5. The summed E-state index contributed by atoms with van der Waals surface area (Å²) in [5.74, 6) is 0.237. The van der Waals surface area contributed by atoms with Crippen molar-refractivity contribution in [2.45, 2.75) is 69.1 Å². The molecule has 0 saturated heterocycles. The van der Waals surface area contributed by atoms with E-state index in [9.17, 15) is 13.8 Å². The average Bonchev–Trinajstić information content (AvgIpc) is 3.47. The molecule has 1 N–H and O–H groups in total. The molecule has 266 valence electrons. The average molecular weight is 721 g/mol. The van der Waals surface area contributed by atoms with E-state index in [1.807, 2.05) is 13.0 Å². The minimum Gasteiger partial charge on any atom is -0.489 e. The number of carbonyl (C=O) groups excluding carboxylic acids is 2. The zero-order valence-corrected chi connectivity index (χ0v) is 30.6. The summed E-state index contributed by atoms with van der Waals surface area (Å²) in [5, 5.41) is 4.12. The van der Waals surface area contributed by atoms with Crippen molar-refractivity contribution in [1.82, 2.24) is 19.5 Å². The normalized spacial score (nSPS) is 31.7. The summed E-state index contributed by atoms with van der Waals surface area (Å²) in [7, 11) is -0.191. The van der Waals surface area contributed by atoms with Gasteiger partial charge in [0.05, 0.1) is 29.7 Å². The Bertz CT molecular complexity index is 1960. The first-order valence-electron chi connectivity index (χ1n) is 17.5.